The largest absolute Gasteiger partial charge is 0.444 e. The van der Waals surface area contributed by atoms with E-state index in [1.807, 2.05) is 39.0 Å². The first-order chi connectivity index (χ1) is 9.85. The van der Waals surface area contributed by atoms with E-state index in [-0.39, 0.29) is 18.1 Å². The Morgan fingerprint density at radius 2 is 2.00 bits per heavy atom. The van der Waals surface area contributed by atoms with Crippen molar-refractivity contribution in [2.24, 2.45) is 5.92 Å². The highest BCUT2D eigenvalue weighted by molar-refractivity contribution is 5.68. The predicted molar refractivity (Wildman–Crippen MR) is 82.1 cm³/mol. The van der Waals surface area contributed by atoms with Gasteiger partial charge in [-0.15, -0.1) is 0 Å². The molecule has 0 spiro atoms. The van der Waals surface area contributed by atoms with Crippen molar-refractivity contribution in [2.45, 2.75) is 45.3 Å². The summed E-state index contributed by atoms with van der Waals surface area (Å²) in [6.45, 7) is 6.70. The first kappa shape index (κ1) is 15.8. The monoisotopic (exact) mass is 291 g/mol. The smallest absolute Gasteiger partial charge is 0.410 e. The number of hydrogen-bond acceptors (Lipinski definition) is 3. The van der Waals surface area contributed by atoms with E-state index in [2.05, 4.69) is 12.1 Å². The fraction of sp³-hybridized carbons (Fsp3) is 0.588. The molecular formula is C17H25NO3. The average molecular weight is 291 g/mol. The molecule has 1 heterocycles. The quantitative estimate of drug-likeness (QED) is 0.911. The van der Waals surface area contributed by atoms with Crippen LogP contribution in [0.1, 0.15) is 32.8 Å². The van der Waals surface area contributed by atoms with Gasteiger partial charge in [0.25, 0.3) is 0 Å². The van der Waals surface area contributed by atoms with Gasteiger partial charge >= 0.3 is 6.09 Å². The third-order valence-corrected chi connectivity index (χ3v) is 3.69. The van der Waals surface area contributed by atoms with Gasteiger partial charge in [-0.3, -0.25) is 0 Å². The van der Waals surface area contributed by atoms with Gasteiger partial charge < -0.3 is 14.7 Å². The van der Waals surface area contributed by atoms with Crippen LogP contribution in [0.3, 0.4) is 0 Å². The fourth-order valence-corrected chi connectivity index (χ4v) is 2.63. The van der Waals surface area contributed by atoms with E-state index in [0.29, 0.717) is 19.5 Å². The van der Waals surface area contributed by atoms with E-state index in [1.54, 1.807) is 4.90 Å². The Labute approximate surface area is 126 Å². The second-order valence-electron chi connectivity index (χ2n) is 6.73. The van der Waals surface area contributed by atoms with Crippen LogP contribution >= 0.6 is 0 Å². The molecule has 2 rings (SSSR count). The number of amides is 1. The molecule has 0 bridgehead atoms. The van der Waals surface area contributed by atoms with E-state index in [9.17, 15) is 9.90 Å². The zero-order chi connectivity index (χ0) is 15.5. The normalized spacial score (nSPS) is 23.0. The van der Waals surface area contributed by atoms with Crippen LogP contribution in [0, 0.1) is 5.92 Å². The Bertz CT molecular complexity index is 467. The molecule has 1 aromatic carbocycles. The van der Waals surface area contributed by atoms with Crippen LogP contribution in [0.25, 0.3) is 0 Å². The molecule has 0 saturated carbocycles. The lowest BCUT2D eigenvalue weighted by molar-refractivity contribution is -0.00823. The zero-order valence-electron chi connectivity index (χ0n) is 13.1. The summed E-state index contributed by atoms with van der Waals surface area (Å²) in [7, 11) is 0. The van der Waals surface area contributed by atoms with Crippen molar-refractivity contribution >= 4 is 6.09 Å². The Kier molecular flexibility index (Phi) is 4.88. The second kappa shape index (κ2) is 6.48. The highest BCUT2D eigenvalue weighted by atomic mass is 16.6. The van der Waals surface area contributed by atoms with Gasteiger partial charge in [0.2, 0.25) is 0 Å². The molecule has 116 valence electrons. The Balaban J connectivity index is 1.97. The lowest BCUT2D eigenvalue weighted by Gasteiger charge is -2.37. The van der Waals surface area contributed by atoms with Crippen LogP contribution in [-0.4, -0.2) is 40.9 Å². The van der Waals surface area contributed by atoms with Crippen LogP contribution in [0.15, 0.2) is 30.3 Å². The van der Waals surface area contributed by atoms with Crippen molar-refractivity contribution < 1.29 is 14.6 Å². The first-order valence-corrected chi connectivity index (χ1v) is 7.55. The average Bonchev–Trinajstić information content (AvgIpc) is 2.40. The number of ether oxygens (including phenoxy) is 1. The molecule has 1 aliphatic rings. The topological polar surface area (TPSA) is 49.8 Å². The van der Waals surface area contributed by atoms with Gasteiger partial charge in [0.05, 0.1) is 6.10 Å². The second-order valence-corrected chi connectivity index (χ2v) is 6.73. The van der Waals surface area contributed by atoms with Crippen molar-refractivity contribution in [3.05, 3.63) is 35.9 Å². The molecule has 0 unspecified atom stereocenters. The molecule has 2 atom stereocenters. The van der Waals surface area contributed by atoms with Crippen LogP contribution < -0.4 is 0 Å². The van der Waals surface area contributed by atoms with E-state index in [1.165, 1.54) is 5.56 Å². The number of aliphatic hydroxyl groups excluding tert-OH is 1. The number of carbonyl (C=O) groups is 1. The third kappa shape index (κ3) is 4.74. The van der Waals surface area contributed by atoms with Crippen LogP contribution in [-0.2, 0) is 11.2 Å². The van der Waals surface area contributed by atoms with Crippen molar-refractivity contribution in [1.82, 2.24) is 4.90 Å². The number of piperidine rings is 1. The van der Waals surface area contributed by atoms with Gasteiger partial charge in [0, 0.05) is 19.0 Å². The molecule has 4 heteroatoms. The summed E-state index contributed by atoms with van der Waals surface area (Å²) in [5.74, 6) is 0.0636. The fourth-order valence-electron chi connectivity index (χ4n) is 2.63. The molecule has 0 aromatic heterocycles. The molecule has 1 amide bonds. The van der Waals surface area contributed by atoms with Crippen molar-refractivity contribution in [2.75, 3.05) is 13.1 Å². The summed E-state index contributed by atoms with van der Waals surface area (Å²) >= 11 is 0. The molecule has 1 aromatic rings. The number of rotatable bonds is 2. The van der Waals surface area contributed by atoms with Crippen LogP contribution in [0.4, 0.5) is 4.79 Å². The lowest BCUT2D eigenvalue weighted by atomic mass is 9.89. The SMILES string of the molecule is CC(C)(C)OC(=O)N1CC[C@H](O)[C@@H](Cc2ccccc2)C1. The summed E-state index contributed by atoms with van der Waals surface area (Å²) in [5.41, 5.74) is 0.704. The van der Waals surface area contributed by atoms with Gasteiger partial charge in [-0.2, -0.15) is 0 Å². The molecule has 1 fully saturated rings. The minimum absolute atomic E-state index is 0.0636. The maximum atomic E-state index is 12.1. The number of nitrogens with zero attached hydrogens (tertiary/aromatic N) is 1. The molecule has 1 N–H and O–H groups in total. The molecule has 0 aliphatic carbocycles. The minimum atomic E-state index is -0.484. The van der Waals surface area contributed by atoms with Gasteiger partial charge in [-0.1, -0.05) is 30.3 Å². The molecule has 4 nitrogen and oxygen atoms in total. The lowest BCUT2D eigenvalue weighted by Crippen LogP contribution is -2.48. The highest BCUT2D eigenvalue weighted by Crippen LogP contribution is 2.23. The number of aliphatic hydroxyl groups is 1. The highest BCUT2D eigenvalue weighted by Gasteiger charge is 2.32. The number of hydrogen-bond donors (Lipinski definition) is 1. The van der Waals surface area contributed by atoms with E-state index in [0.717, 1.165) is 6.42 Å². The summed E-state index contributed by atoms with van der Waals surface area (Å²) in [6, 6.07) is 10.1. The maximum Gasteiger partial charge on any atom is 0.410 e. The number of likely N-dealkylation sites (tertiary alicyclic amines) is 1. The number of carbonyl (C=O) groups excluding carboxylic acids is 1. The van der Waals surface area contributed by atoms with Crippen molar-refractivity contribution in [3.8, 4) is 0 Å². The Hall–Kier alpha value is -1.55. The van der Waals surface area contributed by atoms with E-state index < -0.39 is 5.60 Å². The van der Waals surface area contributed by atoms with Gasteiger partial charge in [0.15, 0.2) is 0 Å². The Morgan fingerprint density at radius 1 is 1.33 bits per heavy atom. The third-order valence-electron chi connectivity index (χ3n) is 3.69. The zero-order valence-corrected chi connectivity index (χ0v) is 13.1. The molecular weight excluding hydrogens is 266 g/mol. The summed E-state index contributed by atoms with van der Waals surface area (Å²) < 4.78 is 5.42. The molecule has 1 aliphatic heterocycles. The van der Waals surface area contributed by atoms with Gasteiger partial charge in [-0.25, -0.2) is 4.79 Å². The summed E-state index contributed by atoms with van der Waals surface area (Å²) in [5, 5.41) is 10.2. The van der Waals surface area contributed by atoms with Crippen LogP contribution in [0.2, 0.25) is 0 Å². The van der Waals surface area contributed by atoms with Gasteiger partial charge in [0.1, 0.15) is 5.60 Å². The predicted octanol–water partition coefficient (Wildman–Crippen LogP) is 2.85. The first-order valence-electron chi connectivity index (χ1n) is 7.55. The standard InChI is InChI=1S/C17H25NO3/c1-17(2,3)21-16(20)18-10-9-15(19)14(12-18)11-13-7-5-4-6-8-13/h4-8,14-15,19H,9-12H2,1-3H3/t14-,15-/m0/s1. The molecule has 0 radical (unpaired) electrons. The van der Waals surface area contributed by atoms with E-state index in [4.69, 9.17) is 4.74 Å². The Morgan fingerprint density at radius 3 is 2.62 bits per heavy atom. The molecule has 21 heavy (non-hydrogen) atoms. The summed E-state index contributed by atoms with van der Waals surface area (Å²) in [6.07, 6.45) is 0.745. The molecule has 1 saturated heterocycles. The maximum absolute atomic E-state index is 12.1. The van der Waals surface area contributed by atoms with Crippen LogP contribution in [0.5, 0.6) is 0 Å². The summed E-state index contributed by atoms with van der Waals surface area (Å²) in [4.78, 5) is 13.9. The number of benzene rings is 1. The van der Waals surface area contributed by atoms with Crippen molar-refractivity contribution in [1.29, 1.82) is 0 Å². The van der Waals surface area contributed by atoms with E-state index >= 15 is 0 Å². The minimum Gasteiger partial charge on any atom is -0.444 e. The van der Waals surface area contributed by atoms with Crippen molar-refractivity contribution in [3.63, 3.8) is 0 Å². The van der Waals surface area contributed by atoms with Gasteiger partial charge in [-0.05, 0) is 39.2 Å².